The molecule has 0 spiro atoms. The number of amides is 1. The lowest BCUT2D eigenvalue weighted by atomic mass is 10.0. The third kappa shape index (κ3) is 4.06. The molecule has 0 aliphatic carbocycles. The number of hydrogen-bond acceptors (Lipinski definition) is 6. The fourth-order valence-corrected chi connectivity index (χ4v) is 4.65. The lowest BCUT2D eigenvalue weighted by molar-refractivity contribution is 0.102. The molecule has 0 radical (unpaired) electrons. The van der Waals surface area contributed by atoms with Gasteiger partial charge in [-0.25, -0.2) is 19.3 Å². The predicted molar refractivity (Wildman–Crippen MR) is 148 cm³/mol. The van der Waals surface area contributed by atoms with Gasteiger partial charge in [-0.05, 0) is 37.3 Å². The largest absolute Gasteiger partial charge is 0.336 e. The van der Waals surface area contributed by atoms with Crippen LogP contribution in [0.5, 0.6) is 0 Å². The van der Waals surface area contributed by atoms with Gasteiger partial charge in [-0.3, -0.25) is 19.4 Å². The van der Waals surface area contributed by atoms with E-state index in [1.54, 1.807) is 55.1 Å². The molecule has 5 heterocycles. The van der Waals surface area contributed by atoms with E-state index in [4.69, 9.17) is 4.98 Å². The van der Waals surface area contributed by atoms with Crippen LogP contribution in [-0.4, -0.2) is 45.6 Å². The zero-order chi connectivity index (χ0) is 27.2. The van der Waals surface area contributed by atoms with Crippen molar-refractivity contribution in [3.8, 4) is 28.5 Å². The van der Waals surface area contributed by atoms with Crippen molar-refractivity contribution >= 4 is 33.5 Å². The van der Waals surface area contributed by atoms with Gasteiger partial charge in [0, 0.05) is 46.7 Å². The minimum Gasteiger partial charge on any atom is -0.336 e. The second-order valence-corrected chi connectivity index (χ2v) is 9.27. The van der Waals surface area contributed by atoms with Crippen LogP contribution in [0.1, 0.15) is 16.1 Å². The lowest BCUT2D eigenvalue weighted by Crippen LogP contribution is -2.11. The van der Waals surface area contributed by atoms with Crippen molar-refractivity contribution in [2.24, 2.45) is 0 Å². The van der Waals surface area contributed by atoms with Gasteiger partial charge in [0.25, 0.3) is 5.91 Å². The van der Waals surface area contributed by atoms with Crippen LogP contribution in [-0.2, 0) is 0 Å². The fourth-order valence-electron chi connectivity index (χ4n) is 4.65. The van der Waals surface area contributed by atoms with Crippen LogP contribution >= 0.6 is 0 Å². The van der Waals surface area contributed by atoms with Gasteiger partial charge in [0.2, 0.25) is 0 Å². The monoisotopic (exact) mass is 529 g/mol. The topological polar surface area (TPSA) is 130 Å². The van der Waals surface area contributed by atoms with Crippen LogP contribution in [0.2, 0.25) is 0 Å². The summed E-state index contributed by atoms with van der Waals surface area (Å²) >= 11 is 0. The quantitative estimate of drug-likeness (QED) is 0.272. The van der Waals surface area contributed by atoms with Crippen molar-refractivity contribution in [1.82, 2.24) is 39.7 Å². The molecule has 5 aromatic heterocycles. The van der Waals surface area contributed by atoms with E-state index in [9.17, 15) is 4.79 Å². The average molecular weight is 530 g/mol. The summed E-state index contributed by atoms with van der Waals surface area (Å²) < 4.78 is 17.1. The summed E-state index contributed by atoms with van der Waals surface area (Å²) in [6.07, 6.45) is 8.33. The van der Waals surface area contributed by atoms with E-state index in [-0.39, 0.29) is 5.91 Å². The van der Waals surface area contributed by atoms with Gasteiger partial charge >= 0.3 is 0 Å². The van der Waals surface area contributed by atoms with E-state index in [1.165, 1.54) is 12.3 Å². The fraction of sp³-hybridized carbons (Fsp3) is 0.0345. The van der Waals surface area contributed by atoms with Gasteiger partial charge < -0.3 is 10.3 Å². The molecule has 194 valence electrons. The van der Waals surface area contributed by atoms with Gasteiger partial charge in [0.05, 0.1) is 28.6 Å². The number of pyridine rings is 2. The molecule has 0 bridgehead atoms. The number of aromatic amines is 2. The Hall–Kier alpha value is -5.71. The smallest absolute Gasteiger partial charge is 0.255 e. The first-order valence-corrected chi connectivity index (χ1v) is 12.4. The molecule has 0 atom stereocenters. The summed E-state index contributed by atoms with van der Waals surface area (Å²) in [5.74, 6) is 0.402. The van der Waals surface area contributed by atoms with E-state index in [0.717, 1.165) is 11.2 Å². The van der Waals surface area contributed by atoms with E-state index in [0.29, 0.717) is 56.1 Å². The number of imidazole rings is 2. The Kier molecular flexibility index (Phi) is 5.41. The molecule has 11 heteroatoms. The number of nitrogens with zero attached hydrogens (tertiary/aromatic N) is 6. The van der Waals surface area contributed by atoms with Crippen LogP contribution < -0.4 is 5.32 Å². The van der Waals surface area contributed by atoms with Crippen molar-refractivity contribution in [3.63, 3.8) is 0 Å². The molecular weight excluding hydrogens is 509 g/mol. The number of aryl methyl sites for hydroxylation is 1. The van der Waals surface area contributed by atoms with Crippen molar-refractivity contribution in [2.75, 3.05) is 5.32 Å². The number of halogens is 1. The Morgan fingerprint density at radius 2 is 1.90 bits per heavy atom. The van der Waals surface area contributed by atoms with Gasteiger partial charge in [-0.1, -0.05) is 18.2 Å². The summed E-state index contributed by atoms with van der Waals surface area (Å²) in [4.78, 5) is 33.7. The standard InChI is InChI=1S/C29H20FN9O/c1-16-14-39(15-33-16)28-26-23(7-8-32-28)35-27(36-26)25-21-10-20(22(30)11-24(21)37-38-25)18-9-19(13-31-12-18)34-29(40)17-5-3-2-4-6-17/h2-15H,1H3,(H,34,40)(H,35,36)(H,37,38). The van der Waals surface area contributed by atoms with Crippen LogP contribution in [0, 0.1) is 12.7 Å². The Bertz CT molecular complexity index is 2040. The third-order valence-corrected chi connectivity index (χ3v) is 6.56. The average Bonchev–Trinajstić information content (AvgIpc) is 3.70. The molecule has 10 nitrogen and oxygen atoms in total. The second-order valence-electron chi connectivity index (χ2n) is 9.27. The first kappa shape index (κ1) is 23.4. The van der Waals surface area contributed by atoms with Crippen LogP contribution in [0.25, 0.3) is 50.4 Å². The molecule has 0 aliphatic rings. The number of fused-ring (bicyclic) bond motifs is 2. The molecule has 2 aromatic carbocycles. The second kappa shape index (κ2) is 9.24. The lowest BCUT2D eigenvalue weighted by Gasteiger charge is -2.08. The first-order chi connectivity index (χ1) is 19.5. The number of aromatic nitrogens is 8. The van der Waals surface area contributed by atoms with E-state index in [2.05, 4.69) is 35.5 Å². The van der Waals surface area contributed by atoms with Gasteiger partial charge in [0.1, 0.15) is 23.4 Å². The summed E-state index contributed by atoms with van der Waals surface area (Å²) in [5, 5.41) is 10.8. The summed E-state index contributed by atoms with van der Waals surface area (Å²) in [5.41, 5.74) is 5.11. The van der Waals surface area contributed by atoms with Crippen LogP contribution in [0.3, 0.4) is 0 Å². The minimum atomic E-state index is -0.456. The van der Waals surface area contributed by atoms with E-state index < -0.39 is 5.82 Å². The SMILES string of the molecule is Cc1cn(-c2nccc3[nH]c(-c4n[nH]c5cc(F)c(-c6cncc(NC(=O)c7ccccc7)c6)cc45)nc23)cn1. The van der Waals surface area contributed by atoms with Crippen LogP contribution in [0.4, 0.5) is 10.1 Å². The van der Waals surface area contributed by atoms with Crippen molar-refractivity contribution in [3.05, 3.63) is 103 Å². The third-order valence-electron chi connectivity index (χ3n) is 6.56. The Balaban J connectivity index is 1.28. The summed E-state index contributed by atoms with van der Waals surface area (Å²) in [7, 11) is 0. The van der Waals surface area contributed by atoms with Gasteiger partial charge in [-0.15, -0.1) is 0 Å². The number of carbonyl (C=O) groups is 1. The van der Waals surface area contributed by atoms with Crippen molar-refractivity contribution in [1.29, 1.82) is 0 Å². The number of benzene rings is 2. The highest BCUT2D eigenvalue weighted by Crippen LogP contribution is 2.33. The number of carbonyl (C=O) groups excluding carboxylic acids is 1. The van der Waals surface area contributed by atoms with E-state index >= 15 is 4.39 Å². The number of hydrogen-bond donors (Lipinski definition) is 3. The minimum absolute atomic E-state index is 0.280. The molecule has 40 heavy (non-hydrogen) atoms. The highest BCUT2D eigenvalue weighted by molar-refractivity contribution is 6.04. The molecule has 0 saturated heterocycles. The summed E-state index contributed by atoms with van der Waals surface area (Å²) in [6, 6.07) is 15.5. The molecule has 3 N–H and O–H groups in total. The molecule has 7 rings (SSSR count). The number of nitrogens with one attached hydrogen (secondary N) is 3. The molecule has 0 saturated carbocycles. The number of H-pyrrole nitrogens is 2. The maximum Gasteiger partial charge on any atom is 0.255 e. The zero-order valence-electron chi connectivity index (χ0n) is 21.1. The Morgan fingerprint density at radius 3 is 2.73 bits per heavy atom. The normalized spacial score (nSPS) is 11.3. The Labute approximate surface area is 226 Å². The van der Waals surface area contributed by atoms with Crippen LogP contribution in [0.15, 0.2) is 85.7 Å². The van der Waals surface area contributed by atoms with Gasteiger partial charge in [0.15, 0.2) is 11.6 Å². The molecule has 0 fully saturated rings. The first-order valence-electron chi connectivity index (χ1n) is 12.4. The highest BCUT2D eigenvalue weighted by Gasteiger charge is 2.19. The molecular formula is C29H20FN9O. The molecule has 0 unspecified atom stereocenters. The Morgan fingerprint density at radius 1 is 1.02 bits per heavy atom. The number of rotatable bonds is 5. The number of anilines is 1. The van der Waals surface area contributed by atoms with E-state index in [1.807, 2.05) is 29.8 Å². The van der Waals surface area contributed by atoms with Crippen molar-refractivity contribution in [2.45, 2.75) is 6.92 Å². The molecule has 1 amide bonds. The predicted octanol–water partition coefficient (Wildman–Crippen LogP) is 5.45. The zero-order valence-corrected chi connectivity index (χ0v) is 21.1. The van der Waals surface area contributed by atoms with Crippen molar-refractivity contribution < 1.29 is 9.18 Å². The molecule has 0 aliphatic heterocycles. The highest BCUT2D eigenvalue weighted by atomic mass is 19.1. The maximum absolute atomic E-state index is 15.3. The van der Waals surface area contributed by atoms with Gasteiger partial charge in [-0.2, -0.15) is 5.10 Å². The molecule has 7 aromatic rings. The maximum atomic E-state index is 15.3. The summed E-state index contributed by atoms with van der Waals surface area (Å²) in [6.45, 7) is 1.90.